The van der Waals surface area contributed by atoms with Crippen molar-refractivity contribution in [2.24, 2.45) is 9.98 Å². The molecule has 64 heavy (non-hydrogen) atoms. The van der Waals surface area contributed by atoms with Crippen molar-refractivity contribution in [3.63, 3.8) is 0 Å². The van der Waals surface area contributed by atoms with Crippen LogP contribution in [-0.4, -0.2) is 46.0 Å². The Labute approximate surface area is 381 Å². The second-order valence-corrected chi connectivity index (χ2v) is 17.9. The molecule has 0 spiro atoms. The van der Waals surface area contributed by atoms with E-state index >= 15 is 0 Å². The fourth-order valence-electron chi connectivity index (χ4n) is 6.66. The normalized spacial score (nSPS) is 10.8. The summed E-state index contributed by atoms with van der Waals surface area (Å²) in [4.78, 5) is 40.4. The van der Waals surface area contributed by atoms with Crippen molar-refractivity contribution in [2.75, 3.05) is 13.2 Å². The van der Waals surface area contributed by atoms with E-state index in [4.69, 9.17) is 18.9 Å². The van der Waals surface area contributed by atoms with Gasteiger partial charge in [-0.15, -0.1) is 45.3 Å². The number of ether oxygens (including phenoxy) is 4. The second-order valence-electron chi connectivity index (χ2n) is 13.7. The third-order valence-electron chi connectivity index (χ3n) is 9.39. The van der Waals surface area contributed by atoms with Crippen LogP contribution >= 0.6 is 45.3 Å². The summed E-state index contributed by atoms with van der Waals surface area (Å²) in [7, 11) is 0. The van der Waals surface area contributed by atoms with Crippen LogP contribution in [0.2, 0.25) is 0 Å². The monoisotopic (exact) mass is 920 g/mol. The lowest BCUT2D eigenvalue weighted by atomic mass is 10.2. The van der Waals surface area contributed by atoms with E-state index in [0.717, 1.165) is 11.1 Å². The highest BCUT2D eigenvalue weighted by atomic mass is 32.1. The average molecular weight is 921 g/mol. The predicted octanol–water partition coefficient (Wildman–Crippen LogP) is 12.5. The van der Waals surface area contributed by atoms with Gasteiger partial charge in [0.15, 0.2) is 0 Å². The molecule has 0 saturated carbocycles. The summed E-state index contributed by atoms with van der Waals surface area (Å²) in [6.07, 6.45) is 0.0505. The summed E-state index contributed by atoms with van der Waals surface area (Å²) in [6, 6.07) is 32.8. The van der Waals surface area contributed by atoms with Crippen molar-refractivity contribution in [1.29, 1.82) is 21.0 Å². The molecule has 0 saturated heterocycles. The lowest BCUT2D eigenvalue weighted by Crippen LogP contribution is -2.13. The van der Waals surface area contributed by atoms with Gasteiger partial charge in [-0.2, -0.15) is 21.0 Å². The van der Waals surface area contributed by atoms with E-state index < -0.39 is 12.2 Å². The minimum atomic E-state index is -0.688. The number of nitrogens with zero attached hydrogens (tertiary/aromatic N) is 8. The summed E-state index contributed by atoms with van der Waals surface area (Å²) < 4.78 is 28.4. The minimum absolute atomic E-state index is 0.0259. The zero-order valence-corrected chi connectivity index (χ0v) is 37.3. The van der Waals surface area contributed by atoms with Gasteiger partial charge in [-0.25, -0.2) is 28.7 Å². The van der Waals surface area contributed by atoms with Crippen LogP contribution in [0, 0.1) is 45.3 Å². The van der Waals surface area contributed by atoms with Gasteiger partial charge in [0, 0.05) is 12.1 Å². The Hall–Kier alpha value is -7.58. The van der Waals surface area contributed by atoms with Crippen LogP contribution in [0.1, 0.15) is 37.8 Å². The Kier molecular flexibility index (Phi) is 12.9. The summed E-state index contributed by atoms with van der Waals surface area (Å²) in [5.74, 6) is 0.972. The van der Waals surface area contributed by atoms with Gasteiger partial charge in [0.05, 0.1) is 64.2 Å². The number of fused-ring (bicyclic) bond motifs is 5. The first kappa shape index (κ1) is 43.1. The zero-order chi connectivity index (χ0) is 44.7. The molecule has 0 aliphatic carbocycles. The van der Waals surface area contributed by atoms with Gasteiger partial charge in [-0.3, -0.25) is 0 Å². The highest BCUT2D eigenvalue weighted by Gasteiger charge is 2.32. The summed E-state index contributed by atoms with van der Waals surface area (Å²) >= 11 is 5.10. The van der Waals surface area contributed by atoms with Crippen molar-refractivity contribution in [2.45, 2.75) is 39.9 Å². The smallest absolute Gasteiger partial charge is 0.419 e. The number of aromatic nitrogens is 2. The number of benzene rings is 2. The number of aliphatic imine (C=N–C) groups is 2. The van der Waals surface area contributed by atoms with Gasteiger partial charge >= 0.3 is 12.2 Å². The van der Waals surface area contributed by atoms with Gasteiger partial charge in [-0.05, 0) is 36.1 Å². The van der Waals surface area contributed by atoms with Crippen LogP contribution in [0.15, 0.2) is 94.9 Å². The van der Waals surface area contributed by atoms with Crippen LogP contribution in [0.3, 0.4) is 0 Å². The van der Waals surface area contributed by atoms with E-state index in [-0.39, 0.29) is 24.6 Å². The Morgan fingerprint density at radius 2 is 0.969 bits per heavy atom. The molecule has 8 rings (SSSR count). The Balaban J connectivity index is 1.38. The lowest BCUT2D eigenvalue weighted by molar-refractivity contribution is 0.142. The number of thiophene rings is 4. The molecule has 0 atom stereocenters. The summed E-state index contributed by atoms with van der Waals surface area (Å²) in [5, 5.41) is 38.5. The molecule has 6 aromatic heterocycles. The maximum Gasteiger partial charge on any atom is 0.419 e. The Morgan fingerprint density at radius 1 is 0.578 bits per heavy atom. The molecule has 8 aromatic rings. The van der Waals surface area contributed by atoms with Crippen molar-refractivity contribution in [3.8, 4) is 55.3 Å². The van der Waals surface area contributed by atoms with Crippen molar-refractivity contribution in [1.82, 2.24) is 9.13 Å². The van der Waals surface area contributed by atoms with Gasteiger partial charge in [0.1, 0.15) is 59.0 Å². The molecule has 14 nitrogen and oxygen atoms in total. The number of hydrogen-bond acceptors (Lipinski definition) is 16. The van der Waals surface area contributed by atoms with Crippen LogP contribution in [0.25, 0.3) is 51.0 Å². The molecule has 18 heteroatoms. The fraction of sp³-hybridized carbons (Fsp3) is 0.174. The fourth-order valence-corrected chi connectivity index (χ4v) is 11.2. The molecule has 0 bridgehead atoms. The van der Waals surface area contributed by atoms with E-state index in [0.29, 0.717) is 98.5 Å². The number of rotatable bonds is 14. The summed E-state index contributed by atoms with van der Waals surface area (Å²) in [5.41, 5.74) is 2.69. The quantitative estimate of drug-likeness (QED) is 0.0945. The average Bonchev–Trinajstić information content (AvgIpc) is 4.18. The highest BCUT2D eigenvalue weighted by Crippen LogP contribution is 2.53. The third-order valence-corrected chi connectivity index (χ3v) is 14.0. The van der Waals surface area contributed by atoms with Gasteiger partial charge in [-0.1, -0.05) is 74.5 Å². The first-order chi connectivity index (χ1) is 31.3. The highest BCUT2D eigenvalue weighted by molar-refractivity contribution is 7.29. The topological polar surface area (TPSA) is 201 Å². The number of carbonyl (C=O) groups excluding carboxylic acids is 2. The first-order valence-corrected chi connectivity index (χ1v) is 22.9. The number of nitriles is 4. The molecule has 316 valence electrons. The zero-order valence-electron chi connectivity index (χ0n) is 34.0. The number of carbonyl (C=O) groups is 2. The van der Waals surface area contributed by atoms with E-state index in [1.54, 1.807) is 36.4 Å². The van der Waals surface area contributed by atoms with Crippen LogP contribution in [0.4, 0.5) is 19.6 Å². The van der Waals surface area contributed by atoms with E-state index in [9.17, 15) is 30.6 Å². The molecule has 0 aliphatic rings. The third kappa shape index (κ3) is 8.59. The molecular formula is C46H32N8O6S4. The maximum absolute atomic E-state index is 14.6. The Bertz CT molecular complexity index is 3050. The van der Waals surface area contributed by atoms with Gasteiger partial charge < -0.3 is 18.9 Å². The lowest BCUT2D eigenvalue weighted by Gasteiger charge is -2.08. The molecule has 2 aromatic carbocycles. The second kappa shape index (κ2) is 19.2. The van der Waals surface area contributed by atoms with Crippen LogP contribution in [-0.2, 0) is 22.7 Å². The van der Waals surface area contributed by atoms with E-state index in [2.05, 4.69) is 9.98 Å². The van der Waals surface area contributed by atoms with E-state index in [1.165, 1.54) is 54.5 Å². The first-order valence-electron chi connectivity index (χ1n) is 19.6. The largest absolute Gasteiger partial charge is 0.492 e. The minimum Gasteiger partial charge on any atom is -0.492 e. The summed E-state index contributed by atoms with van der Waals surface area (Å²) in [6.45, 7) is 4.67. The molecule has 0 N–H and O–H groups in total. The molecule has 6 heterocycles. The molecule has 0 radical (unpaired) electrons. The maximum atomic E-state index is 14.6. The molecule has 0 unspecified atom stereocenters. The molecule has 0 aliphatic heterocycles. The van der Waals surface area contributed by atoms with Crippen molar-refractivity contribution in [3.05, 3.63) is 96.1 Å². The molecular weight excluding hydrogens is 889 g/mol. The number of hydrogen-bond donors (Lipinski definition) is 0. The SMILES string of the molecule is CCCOc1cc(N=C(C#N)C#N)sc1-c1cc2c(s1)c1c(c3sc(-c4sc(N=C(C#N)C#N)cc4OCCC)cc3n1C(=O)OCc1ccccc1)n2C(=O)OCc1ccccc1. The van der Waals surface area contributed by atoms with Crippen LogP contribution < -0.4 is 9.47 Å². The standard InChI is InChI=1S/C46H32N8O6S4/c1-3-15-57-33-19-37(51-29(21-47)22-48)63-43(33)35-17-31-41(61-35)39-40(53(31)45(55)59-25-27-11-7-5-8-12-27)42-32(54(39)46(56)60-26-28-13-9-6-10-14-28)18-36(62-42)44-34(58-16-4-2)20-38(64-44)52-30(23-49)24-50/h5-14,17-20H,3-4,15-16,25-26H2,1-2H3. The van der Waals surface area contributed by atoms with E-state index in [1.807, 2.05) is 86.6 Å². The van der Waals surface area contributed by atoms with Gasteiger partial charge in [0.25, 0.3) is 0 Å². The van der Waals surface area contributed by atoms with Crippen molar-refractivity contribution >= 4 is 110 Å². The molecule has 0 fully saturated rings. The predicted molar refractivity (Wildman–Crippen MR) is 250 cm³/mol. The van der Waals surface area contributed by atoms with Gasteiger partial charge in [0.2, 0.25) is 11.4 Å². The van der Waals surface area contributed by atoms with Crippen LogP contribution in [0.5, 0.6) is 11.5 Å². The Morgan fingerprint density at radius 3 is 1.33 bits per heavy atom. The van der Waals surface area contributed by atoms with Crippen molar-refractivity contribution < 1.29 is 28.5 Å². The molecule has 0 amide bonds.